The standard InChI is InChI=1S/C10H7BF3NO2/c12-10(13,14)7-4-6-2-1-3-8(11(16)17)9(6)15-5-7/h1-5,16-17H. The molecular weight excluding hydrogens is 234 g/mol. The van der Waals surface area contributed by atoms with E-state index in [1.54, 1.807) is 0 Å². The zero-order chi connectivity index (χ0) is 12.6. The molecule has 1 aromatic heterocycles. The van der Waals surface area contributed by atoms with Gasteiger partial charge in [0.2, 0.25) is 0 Å². The number of nitrogens with zero attached hydrogens (tertiary/aromatic N) is 1. The monoisotopic (exact) mass is 241 g/mol. The predicted molar refractivity (Wildman–Crippen MR) is 56.6 cm³/mol. The minimum atomic E-state index is -4.46. The zero-order valence-electron chi connectivity index (χ0n) is 8.44. The zero-order valence-corrected chi connectivity index (χ0v) is 8.44. The van der Waals surface area contributed by atoms with Crippen LogP contribution in [0.25, 0.3) is 10.9 Å². The van der Waals surface area contributed by atoms with Crippen molar-refractivity contribution in [3.8, 4) is 0 Å². The summed E-state index contributed by atoms with van der Waals surface area (Å²) in [5.74, 6) is 0. The second-order valence-electron chi connectivity index (χ2n) is 3.51. The molecule has 0 atom stereocenters. The number of hydrogen-bond donors (Lipinski definition) is 2. The van der Waals surface area contributed by atoms with Crippen LogP contribution in [0.4, 0.5) is 13.2 Å². The van der Waals surface area contributed by atoms with E-state index in [4.69, 9.17) is 10.0 Å². The third-order valence-corrected chi connectivity index (χ3v) is 2.35. The average Bonchev–Trinajstić information content (AvgIpc) is 2.26. The molecule has 0 bridgehead atoms. The number of benzene rings is 1. The van der Waals surface area contributed by atoms with Crippen molar-refractivity contribution < 1.29 is 23.2 Å². The van der Waals surface area contributed by atoms with Gasteiger partial charge in [0, 0.05) is 17.0 Å². The molecule has 0 spiro atoms. The third kappa shape index (κ3) is 2.25. The van der Waals surface area contributed by atoms with Gasteiger partial charge in [0.25, 0.3) is 0 Å². The summed E-state index contributed by atoms with van der Waals surface area (Å²) in [6.07, 6.45) is -3.79. The van der Waals surface area contributed by atoms with Gasteiger partial charge in [0.1, 0.15) is 0 Å². The number of alkyl halides is 3. The first kappa shape index (κ1) is 11.9. The van der Waals surface area contributed by atoms with Crippen LogP contribution in [-0.4, -0.2) is 22.2 Å². The van der Waals surface area contributed by atoms with Gasteiger partial charge in [0.15, 0.2) is 0 Å². The summed E-state index contributed by atoms with van der Waals surface area (Å²) in [6, 6.07) is 5.20. The van der Waals surface area contributed by atoms with Crippen molar-refractivity contribution in [3.63, 3.8) is 0 Å². The molecule has 0 aliphatic rings. The van der Waals surface area contributed by atoms with Crippen molar-refractivity contribution in [1.29, 1.82) is 0 Å². The number of hydrogen-bond acceptors (Lipinski definition) is 3. The number of fused-ring (bicyclic) bond motifs is 1. The first-order chi connectivity index (χ1) is 7.89. The second kappa shape index (κ2) is 4.01. The Labute approximate surface area is 94.7 Å². The molecule has 0 aliphatic heterocycles. The SMILES string of the molecule is OB(O)c1cccc2cc(C(F)(F)F)cnc12. The number of para-hydroxylation sites is 1. The molecule has 0 radical (unpaired) electrons. The van der Waals surface area contributed by atoms with Crippen molar-refractivity contribution in [2.75, 3.05) is 0 Å². The summed E-state index contributed by atoms with van der Waals surface area (Å²) < 4.78 is 37.3. The Balaban J connectivity index is 2.65. The highest BCUT2D eigenvalue weighted by molar-refractivity contribution is 6.61. The molecule has 7 heteroatoms. The lowest BCUT2D eigenvalue weighted by molar-refractivity contribution is -0.137. The Hall–Kier alpha value is -1.60. The van der Waals surface area contributed by atoms with Gasteiger partial charge >= 0.3 is 13.3 Å². The molecule has 17 heavy (non-hydrogen) atoms. The molecule has 3 nitrogen and oxygen atoms in total. The van der Waals surface area contributed by atoms with Crippen LogP contribution in [0.5, 0.6) is 0 Å². The summed E-state index contributed by atoms with van der Waals surface area (Å²) in [6.45, 7) is 0. The lowest BCUT2D eigenvalue weighted by Crippen LogP contribution is -2.30. The van der Waals surface area contributed by atoms with Crippen molar-refractivity contribution in [2.24, 2.45) is 0 Å². The molecule has 88 valence electrons. The summed E-state index contributed by atoms with van der Waals surface area (Å²) >= 11 is 0. The average molecular weight is 241 g/mol. The Kier molecular flexibility index (Phi) is 2.80. The fourth-order valence-corrected chi connectivity index (χ4v) is 1.55. The smallest absolute Gasteiger partial charge is 0.423 e. The van der Waals surface area contributed by atoms with Gasteiger partial charge in [-0.1, -0.05) is 18.2 Å². The van der Waals surface area contributed by atoms with E-state index in [1.165, 1.54) is 18.2 Å². The highest BCUT2D eigenvalue weighted by atomic mass is 19.4. The van der Waals surface area contributed by atoms with Crippen LogP contribution in [0.3, 0.4) is 0 Å². The minimum Gasteiger partial charge on any atom is -0.423 e. The van der Waals surface area contributed by atoms with E-state index in [0.717, 1.165) is 6.07 Å². The fraction of sp³-hybridized carbons (Fsp3) is 0.100. The van der Waals surface area contributed by atoms with E-state index < -0.39 is 18.9 Å². The number of halogens is 3. The van der Waals surface area contributed by atoms with E-state index in [2.05, 4.69) is 4.98 Å². The van der Waals surface area contributed by atoms with E-state index in [9.17, 15) is 13.2 Å². The number of rotatable bonds is 1. The fourth-order valence-electron chi connectivity index (χ4n) is 1.55. The van der Waals surface area contributed by atoms with Crippen LogP contribution in [-0.2, 0) is 6.18 Å². The van der Waals surface area contributed by atoms with Crippen LogP contribution < -0.4 is 5.46 Å². The van der Waals surface area contributed by atoms with Crippen molar-refractivity contribution in [1.82, 2.24) is 4.98 Å². The van der Waals surface area contributed by atoms with Gasteiger partial charge in [-0.3, -0.25) is 4.98 Å². The first-order valence-electron chi connectivity index (χ1n) is 4.71. The Morgan fingerprint density at radius 3 is 2.47 bits per heavy atom. The van der Waals surface area contributed by atoms with Gasteiger partial charge in [-0.25, -0.2) is 0 Å². The second-order valence-corrected chi connectivity index (χ2v) is 3.51. The topological polar surface area (TPSA) is 53.4 Å². The predicted octanol–water partition coefficient (Wildman–Crippen LogP) is 0.933. The van der Waals surface area contributed by atoms with Crippen molar-refractivity contribution in [2.45, 2.75) is 6.18 Å². The van der Waals surface area contributed by atoms with E-state index in [0.29, 0.717) is 6.20 Å². The van der Waals surface area contributed by atoms with Crippen molar-refractivity contribution >= 4 is 23.5 Å². The number of pyridine rings is 1. The van der Waals surface area contributed by atoms with Gasteiger partial charge < -0.3 is 10.0 Å². The van der Waals surface area contributed by atoms with Crippen LogP contribution in [0.1, 0.15) is 5.56 Å². The first-order valence-corrected chi connectivity index (χ1v) is 4.71. The van der Waals surface area contributed by atoms with Crippen LogP contribution in [0.2, 0.25) is 0 Å². The largest absolute Gasteiger partial charge is 0.490 e. The summed E-state index contributed by atoms with van der Waals surface area (Å²) in [5, 5.41) is 18.3. The Bertz CT molecular complexity index is 557. The van der Waals surface area contributed by atoms with Crippen LogP contribution in [0.15, 0.2) is 30.5 Å². The van der Waals surface area contributed by atoms with Gasteiger partial charge in [-0.05, 0) is 6.07 Å². The summed E-state index contributed by atoms with van der Waals surface area (Å²) in [5.41, 5.74) is -0.638. The van der Waals surface area contributed by atoms with Gasteiger partial charge in [-0.15, -0.1) is 0 Å². The van der Waals surface area contributed by atoms with Crippen LogP contribution >= 0.6 is 0 Å². The molecule has 0 fully saturated rings. The lowest BCUT2D eigenvalue weighted by Gasteiger charge is -2.09. The number of aromatic nitrogens is 1. The Morgan fingerprint density at radius 1 is 1.18 bits per heavy atom. The maximum absolute atomic E-state index is 12.4. The third-order valence-electron chi connectivity index (χ3n) is 2.35. The normalized spacial score (nSPS) is 11.8. The molecule has 2 aromatic rings. The lowest BCUT2D eigenvalue weighted by atomic mass is 9.79. The molecule has 1 heterocycles. The molecule has 0 amide bonds. The van der Waals surface area contributed by atoms with E-state index in [1.807, 2.05) is 0 Å². The quantitative estimate of drug-likeness (QED) is 0.730. The molecule has 1 aromatic carbocycles. The highest BCUT2D eigenvalue weighted by Gasteiger charge is 2.31. The molecule has 0 aliphatic carbocycles. The molecule has 2 rings (SSSR count). The molecule has 0 unspecified atom stereocenters. The molecule has 0 saturated heterocycles. The van der Waals surface area contributed by atoms with E-state index in [-0.39, 0.29) is 16.4 Å². The van der Waals surface area contributed by atoms with Gasteiger partial charge in [0.05, 0.1) is 11.1 Å². The maximum atomic E-state index is 12.4. The maximum Gasteiger partial charge on any atom is 0.490 e. The van der Waals surface area contributed by atoms with Crippen molar-refractivity contribution in [3.05, 3.63) is 36.0 Å². The summed E-state index contributed by atoms with van der Waals surface area (Å²) in [7, 11) is -1.76. The molecule has 0 saturated carbocycles. The minimum absolute atomic E-state index is 0.0798. The van der Waals surface area contributed by atoms with Crippen LogP contribution in [0, 0.1) is 0 Å². The Morgan fingerprint density at radius 2 is 1.88 bits per heavy atom. The van der Waals surface area contributed by atoms with E-state index >= 15 is 0 Å². The molecular formula is C10H7BF3NO2. The van der Waals surface area contributed by atoms with Gasteiger partial charge in [-0.2, -0.15) is 13.2 Å². The highest BCUT2D eigenvalue weighted by Crippen LogP contribution is 2.30. The molecule has 2 N–H and O–H groups in total. The summed E-state index contributed by atoms with van der Waals surface area (Å²) in [4.78, 5) is 3.63.